The second-order valence-electron chi connectivity index (χ2n) is 8.44. The maximum atomic E-state index is 12.8. The van der Waals surface area contributed by atoms with Gasteiger partial charge in [0.25, 0.3) is 11.5 Å². The summed E-state index contributed by atoms with van der Waals surface area (Å²) in [6.07, 6.45) is 5.66. The molecule has 2 fully saturated rings. The fraction of sp³-hybridized carbons (Fsp3) is 0.435. The summed E-state index contributed by atoms with van der Waals surface area (Å²) in [4.78, 5) is 39.4. The van der Waals surface area contributed by atoms with Gasteiger partial charge in [-0.3, -0.25) is 14.4 Å². The zero-order chi connectivity index (χ0) is 20.7. The van der Waals surface area contributed by atoms with Crippen LogP contribution in [0.3, 0.4) is 0 Å². The van der Waals surface area contributed by atoms with E-state index < -0.39 is 0 Å². The van der Waals surface area contributed by atoms with Crippen LogP contribution in [-0.4, -0.2) is 34.4 Å². The first-order valence-electron chi connectivity index (χ1n) is 10.8. The van der Waals surface area contributed by atoms with Crippen LogP contribution in [0.2, 0.25) is 0 Å². The number of nitrogens with one attached hydrogen (secondary N) is 2. The number of likely N-dealkylation sites (tertiary alicyclic amines) is 1. The van der Waals surface area contributed by atoms with Crippen molar-refractivity contribution in [1.29, 1.82) is 0 Å². The number of amides is 2. The van der Waals surface area contributed by atoms with Crippen LogP contribution in [0.5, 0.6) is 0 Å². The lowest BCUT2D eigenvalue weighted by Gasteiger charge is -2.17. The number of hydrogen-bond donors (Lipinski definition) is 2. The second kappa shape index (κ2) is 7.63. The van der Waals surface area contributed by atoms with E-state index in [0.29, 0.717) is 17.8 Å². The summed E-state index contributed by atoms with van der Waals surface area (Å²) in [5, 5.41) is 6.21. The Bertz CT molecular complexity index is 1050. The Balaban J connectivity index is 1.38. The van der Waals surface area contributed by atoms with Crippen LogP contribution >= 0.6 is 0 Å². The highest BCUT2D eigenvalue weighted by Gasteiger charge is 2.31. The lowest BCUT2D eigenvalue weighted by molar-refractivity contribution is -0.117. The number of carbonyl (C=O) groups excluding carboxylic acids is 2. The van der Waals surface area contributed by atoms with Gasteiger partial charge in [-0.1, -0.05) is 0 Å². The van der Waals surface area contributed by atoms with E-state index in [1.807, 2.05) is 29.2 Å². The van der Waals surface area contributed by atoms with Gasteiger partial charge in [0.15, 0.2) is 0 Å². The molecule has 7 heteroatoms. The van der Waals surface area contributed by atoms with Crippen molar-refractivity contribution in [2.24, 2.45) is 5.92 Å². The summed E-state index contributed by atoms with van der Waals surface area (Å²) >= 11 is 0. The number of anilines is 3. The van der Waals surface area contributed by atoms with Crippen LogP contribution in [0.25, 0.3) is 0 Å². The van der Waals surface area contributed by atoms with Crippen LogP contribution in [-0.2, 0) is 17.8 Å². The van der Waals surface area contributed by atoms with Crippen LogP contribution in [0.15, 0.2) is 35.1 Å². The van der Waals surface area contributed by atoms with Crippen LogP contribution in [0.4, 0.5) is 17.1 Å². The zero-order valence-corrected chi connectivity index (χ0v) is 16.9. The van der Waals surface area contributed by atoms with E-state index in [-0.39, 0.29) is 23.3 Å². The summed E-state index contributed by atoms with van der Waals surface area (Å²) in [7, 11) is 0. The van der Waals surface area contributed by atoms with Crippen molar-refractivity contribution in [3.63, 3.8) is 0 Å². The number of hydrogen-bond acceptors (Lipinski definition) is 4. The molecule has 3 heterocycles. The highest BCUT2D eigenvalue weighted by atomic mass is 16.2. The van der Waals surface area contributed by atoms with Crippen molar-refractivity contribution >= 4 is 28.9 Å². The Morgan fingerprint density at radius 1 is 0.933 bits per heavy atom. The number of fused-ring (bicyclic) bond motifs is 1. The predicted molar refractivity (Wildman–Crippen MR) is 115 cm³/mol. The van der Waals surface area contributed by atoms with Crippen molar-refractivity contribution in [1.82, 2.24) is 9.47 Å². The molecule has 156 valence electrons. The summed E-state index contributed by atoms with van der Waals surface area (Å²) in [5.74, 6) is 0.0532. The van der Waals surface area contributed by atoms with Gasteiger partial charge in [-0.25, -0.2) is 0 Å². The summed E-state index contributed by atoms with van der Waals surface area (Å²) < 4.78 is 1.76. The molecule has 5 rings (SSSR count). The molecule has 1 aromatic carbocycles. The van der Waals surface area contributed by atoms with E-state index in [2.05, 4.69) is 10.6 Å². The molecule has 30 heavy (non-hydrogen) atoms. The first-order valence-corrected chi connectivity index (χ1v) is 10.8. The maximum Gasteiger partial charge on any atom is 0.274 e. The van der Waals surface area contributed by atoms with Crippen molar-refractivity contribution in [2.45, 2.75) is 45.1 Å². The lowest BCUT2D eigenvalue weighted by Crippen LogP contribution is -2.27. The molecule has 1 aromatic heterocycles. The zero-order valence-electron chi connectivity index (χ0n) is 16.9. The van der Waals surface area contributed by atoms with E-state index in [4.69, 9.17) is 0 Å². The largest absolute Gasteiger partial charge is 0.354 e. The summed E-state index contributed by atoms with van der Waals surface area (Å²) in [5.41, 5.74) is 3.53. The van der Waals surface area contributed by atoms with Gasteiger partial charge in [0.2, 0.25) is 5.91 Å². The fourth-order valence-corrected chi connectivity index (χ4v) is 4.35. The number of carbonyl (C=O) groups is 2. The summed E-state index contributed by atoms with van der Waals surface area (Å²) in [6, 6.07) is 9.22. The van der Waals surface area contributed by atoms with Crippen molar-refractivity contribution in [2.75, 3.05) is 23.7 Å². The SMILES string of the molecule is O=C(Nc1cc(Nc2ccc(C(=O)N3CCCC3)cc2)c2n(c1=O)CCC2)C1CC1. The second-order valence-corrected chi connectivity index (χ2v) is 8.44. The number of pyridine rings is 1. The fourth-order valence-electron chi connectivity index (χ4n) is 4.35. The Labute approximate surface area is 175 Å². The van der Waals surface area contributed by atoms with Gasteiger partial charge >= 0.3 is 0 Å². The standard InChI is InChI=1S/C23H26N4O3/c28-21(15-5-6-15)25-19-14-18(20-4-3-13-27(20)23(19)30)24-17-9-7-16(8-10-17)22(29)26-11-1-2-12-26/h7-10,14-15,24H,1-6,11-13H2,(H,25,28). The highest BCUT2D eigenvalue weighted by Crippen LogP contribution is 2.31. The highest BCUT2D eigenvalue weighted by molar-refractivity contribution is 5.95. The molecular formula is C23H26N4O3. The molecule has 1 aliphatic carbocycles. The van der Waals surface area contributed by atoms with E-state index in [0.717, 1.165) is 68.7 Å². The molecule has 2 amide bonds. The number of aromatic nitrogens is 1. The summed E-state index contributed by atoms with van der Waals surface area (Å²) in [6.45, 7) is 2.33. The molecule has 1 saturated carbocycles. The van der Waals surface area contributed by atoms with Crippen LogP contribution in [0, 0.1) is 5.92 Å². The van der Waals surface area contributed by atoms with Crippen LogP contribution < -0.4 is 16.2 Å². The molecule has 0 atom stereocenters. The third kappa shape index (κ3) is 3.60. The Morgan fingerprint density at radius 2 is 1.67 bits per heavy atom. The maximum absolute atomic E-state index is 12.8. The minimum absolute atomic E-state index is 0.0414. The van der Waals surface area contributed by atoms with Gasteiger partial charge in [-0.05, 0) is 68.9 Å². The molecular weight excluding hydrogens is 380 g/mol. The molecule has 7 nitrogen and oxygen atoms in total. The molecule has 0 radical (unpaired) electrons. The quantitative estimate of drug-likeness (QED) is 0.799. The number of nitrogens with zero attached hydrogens (tertiary/aromatic N) is 2. The van der Waals surface area contributed by atoms with E-state index in [1.165, 1.54) is 0 Å². The van der Waals surface area contributed by atoms with E-state index >= 15 is 0 Å². The average molecular weight is 406 g/mol. The van der Waals surface area contributed by atoms with Crippen molar-refractivity contribution in [3.05, 3.63) is 51.9 Å². The minimum atomic E-state index is -0.131. The predicted octanol–water partition coefficient (Wildman–Crippen LogP) is 3.12. The Morgan fingerprint density at radius 3 is 2.37 bits per heavy atom. The van der Waals surface area contributed by atoms with Gasteiger partial charge < -0.3 is 20.1 Å². The first-order chi connectivity index (χ1) is 14.6. The normalized spacial score (nSPS) is 17.7. The number of rotatable bonds is 5. The molecule has 2 N–H and O–H groups in total. The first kappa shape index (κ1) is 18.9. The topological polar surface area (TPSA) is 83.4 Å². The molecule has 2 aromatic rings. The molecule has 2 aliphatic heterocycles. The van der Waals surface area contributed by atoms with E-state index in [9.17, 15) is 14.4 Å². The van der Waals surface area contributed by atoms with Gasteiger partial charge in [-0.2, -0.15) is 0 Å². The smallest absolute Gasteiger partial charge is 0.274 e. The number of benzene rings is 1. The molecule has 0 bridgehead atoms. The monoisotopic (exact) mass is 406 g/mol. The Kier molecular flexibility index (Phi) is 4.81. The van der Waals surface area contributed by atoms with Gasteiger partial charge in [0, 0.05) is 42.5 Å². The molecule has 0 spiro atoms. The van der Waals surface area contributed by atoms with Gasteiger partial charge in [0.05, 0.1) is 5.69 Å². The third-order valence-corrected chi connectivity index (χ3v) is 6.21. The lowest BCUT2D eigenvalue weighted by atomic mass is 10.1. The van der Waals surface area contributed by atoms with Gasteiger partial charge in [0.1, 0.15) is 5.69 Å². The molecule has 1 saturated heterocycles. The van der Waals surface area contributed by atoms with Crippen molar-refractivity contribution < 1.29 is 9.59 Å². The Hall–Kier alpha value is -3.09. The molecule has 0 unspecified atom stereocenters. The molecule has 3 aliphatic rings. The average Bonchev–Trinajstić information content (AvgIpc) is 3.25. The minimum Gasteiger partial charge on any atom is -0.354 e. The van der Waals surface area contributed by atoms with Gasteiger partial charge in [-0.15, -0.1) is 0 Å². The van der Waals surface area contributed by atoms with E-state index in [1.54, 1.807) is 10.6 Å². The van der Waals surface area contributed by atoms with Crippen molar-refractivity contribution in [3.8, 4) is 0 Å². The van der Waals surface area contributed by atoms with Crippen LogP contribution in [0.1, 0.15) is 48.2 Å². The third-order valence-electron chi connectivity index (χ3n) is 6.21.